The second-order valence-corrected chi connectivity index (χ2v) is 6.92. The van der Waals surface area contributed by atoms with Crippen LogP contribution in [-0.2, 0) is 6.54 Å². The fourth-order valence-corrected chi connectivity index (χ4v) is 3.15. The highest BCUT2D eigenvalue weighted by molar-refractivity contribution is 6.02. The molecular formula is C20H28N4O2. The minimum Gasteiger partial charge on any atom is -0.447 e. The maximum absolute atomic E-state index is 12.3. The van der Waals surface area contributed by atoms with E-state index < -0.39 is 0 Å². The van der Waals surface area contributed by atoms with Crippen molar-refractivity contribution in [2.24, 2.45) is 0 Å². The minimum absolute atomic E-state index is 0.241. The van der Waals surface area contributed by atoms with Gasteiger partial charge in [0.05, 0.1) is 6.54 Å². The average Bonchev–Trinajstić information content (AvgIpc) is 3.10. The fraction of sp³-hybridized carbons (Fsp3) is 0.500. The standard InChI is InChI=1S/C20H28N4O2/c1-3-4-8-23-9-11-24(12-10-23)14-19-22-18(15-26-19)20(25)21-17-7-5-6-16(2)13-17/h5-7,13,15H,3-4,8-12,14H2,1-2H3,(H,21,25). The number of hydrogen-bond donors (Lipinski definition) is 1. The Morgan fingerprint density at radius 3 is 2.73 bits per heavy atom. The van der Waals surface area contributed by atoms with Crippen LogP contribution in [0.5, 0.6) is 0 Å². The number of anilines is 1. The molecule has 0 saturated carbocycles. The molecule has 1 fully saturated rings. The molecule has 0 aliphatic carbocycles. The van der Waals surface area contributed by atoms with Gasteiger partial charge in [0.25, 0.3) is 5.91 Å². The fourth-order valence-electron chi connectivity index (χ4n) is 3.15. The smallest absolute Gasteiger partial charge is 0.277 e. The zero-order valence-corrected chi connectivity index (χ0v) is 15.7. The number of oxazole rings is 1. The Hall–Kier alpha value is -2.18. The summed E-state index contributed by atoms with van der Waals surface area (Å²) in [5, 5.41) is 2.86. The van der Waals surface area contributed by atoms with Crippen LogP contribution in [0.1, 0.15) is 41.7 Å². The summed E-state index contributed by atoms with van der Waals surface area (Å²) >= 11 is 0. The normalized spacial score (nSPS) is 15.9. The van der Waals surface area contributed by atoms with Crippen molar-refractivity contribution in [2.45, 2.75) is 33.2 Å². The van der Waals surface area contributed by atoms with E-state index in [0.29, 0.717) is 18.1 Å². The third-order valence-electron chi connectivity index (χ3n) is 4.71. The van der Waals surface area contributed by atoms with E-state index >= 15 is 0 Å². The van der Waals surface area contributed by atoms with Crippen molar-refractivity contribution < 1.29 is 9.21 Å². The van der Waals surface area contributed by atoms with E-state index in [1.807, 2.05) is 31.2 Å². The van der Waals surface area contributed by atoms with Crippen molar-refractivity contribution in [2.75, 3.05) is 38.0 Å². The van der Waals surface area contributed by atoms with E-state index in [2.05, 4.69) is 27.0 Å². The van der Waals surface area contributed by atoms with Crippen molar-refractivity contribution in [3.05, 3.63) is 47.7 Å². The molecule has 0 spiro atoms. The van der Waals surface area contributed by atoms with Gasteiger partial charge in [-0.15, -0.1) is 0 Å². The van der Waals surface area contributed by atoms with Gasteiger partial charge in [-0.2, -0.15) is 0 Å². The quantitative estimate of drug-likeness (QED) is 0.826. The molecule has 6 heteroatoms. The molecule has 1 saturated heterocycles. The molecule has 140 valence electrons. The summed E-state index contributed by atoms with van der Waals surface area (Å²) in [6.07, 6.45) is 3.95. The van der Waals surface area contributed by atoms with Gasteiger partial charge in [-0.3, -0.25) is 9.69 Å². The van der Waals surface area contributed by atoms with Crippen LogP contribution >= 0.6 is 0 Å². The lowest BCUT2D eigenvalue weighted by molar-refractivity contribution is 0.102. The van der Waals surface area contributed by atoms with Gasteiger partial charge in [0.15, 0.2) is 5.69 Å². The number of nitrogens with one attached hydrogen (secondary N) is 1. The molecule has 0 radical (unpaired) electrons. The first-order valence-corrected chi connectivity index (χ1v) is 9.41. The van der Waals surface area contributed by atoms with Gasteiger partial charge in [0, 0.05) is 31.9 Å². The summed E-state index contributed by atoms with van der Waals surface area (Å²) in [4.78, 5) is 21.5. The summed E-state index contributed by atoms with van der Waals surface area (Å²) < 4.78 is 5.51. The number of carbonyl (C=O) groups is 1. The lowest BCUT2D eigenvalue weighted by Crippen LogP contribution is -2.46. The monoisotopic (exact) mass is 356 g/mol. The number of unbranched alkanes of at least 4 members (excludes halogenated alkanes) is 1. The molecule has 1 aliphatic heterocycles. The minimum atomic E-state index is -0.241. The van der Waals surface area contributed by atoms with E-state index in [9.17, 15) is 4.79 Å². The van der Waals surface area contributed by atoms with Crippen LogP contribution in [0.15, 0.2) is 34.9 Å². The Kier molecular flexibility index (Phi) is 6.41. The highest BCUT2D eigenvalue weighted by Crippen LogP contribution is 2.13. The maximum Gasteiger partial charge on any atom is 0.277 e. The van der Waals surface area contributed by atoms with E-state index in [1.54, 1.807) is 0 Å². The number of carbonyl (C=O) groups excluding carboxylic acids is 1. The molecule has 1 aromatic heterocycles. The van der Waals surface area contributed by atoms with E-state index in [1.165, 1.54) is 25.6 Å². The molecule has 3 rings (SSSR count). The lowest BCUT2D eigenvalue weighted by atomic mass is 10.2. The summed E-state index contributed by atoms with van der Waals surface area (Å²) in [7, 11) is 0. The van der Waals surface area contributed by atoms with Crippen molar-refractivity contribution in [3.8, 4) is 0 Å². The van der Waals surface area contributed by atoms with Gasteiger partial charge >= 0.3 is 0 Å². The molecule has 26 heavy (non-hydrogen) atoms. The summed E-state index contributed by atoms with van der Waals surface area (Å²) in [6.45, 7) is 10.2. The average molecular weight is 356 g/mol. The predicted molar refractivity (Wildman–Crippen MR) is 102 cm³/mol. The van der Waals surface area contributed by atoms with Crippen molar-refractivity contribution in [3.63, 3.8) is 0 Å². The Labute approximate surface area is 155 Å². The first-order valence-electron chi connectivity index (χ1n) is 9.41. The highest BCUT2D eigenvalue weighted by atomic mass is 16.3. The highest BCUT2D eigenvalue weighted by Gasteiger charge is 2.19. The molecule has 0 bridgehead atoms. The van der Waals surface area contributed by atoms with Gasteiger partial charge in [0.2, 0.25) is 5.89 Å². The van der Waals surface area contributed by atoms with E-state index in [4.69, 9.17) is 4.42 Å². The number of aryl methyl sites for hydroxylation is 1. The molecule has 0 unspecified atom stereocenters. The number of benzene rings is 1. The van der Waals surface area contributed by atoms with Crippen LogP contribution in [0.2, 0.25) is 0 Å². The number of nitrogens with zero attached hydrogens (tertiary/aromatic N) is 3. The van der Waals surface area contributed by atoms with Crippen molar-refractivity contribution >= 4 is 11.6 Å². The Bertz CT molecular complexity index is 720. The van der Waals surface area contributed by atoms with Crippen LogP contribution in [-0.4, -0.2) is 53.4 Å². The van der Waals surface area contributed by atoms with Crippen LogP contribution in [0.4, 0.5) is 5.69 Å². The van der Waals surface area contributed by atoms with Crippen molar-refractivity contribution in [1.29, 1.82) is 0 Å². The first-order chi connectivity index (χ1) is 12.6. The van der Waals surface area contributed by atoms with Crippen molar-refractivity contribution in [1.82, 2.24) is 14.8 Å². The van der Waals surface area contributed by atoms with Crippen LogP contribution in [0.25, 0.3) is 0 Å². The van der Waals surface area contributed by atoms with Gasteiger partial charge in [0.1, 0.15) is 6.26 Å². The lowest BCUT2D eigenvalue weighted by Gasteiger charge is -2.33. The Balaban J connectivity index is 1.49. The van der Waals surface area contributed by atoms with Gasteiger partial charge < -0.3 is 14.6 Å². The molecule has 2 heterocycles. The second-order valence-electron chi connectivity index (χ2n) is 6.92. The Morgan fingerprint density at radius 2 is 2.00 bits per heavy atom. The van der Waals surface area contributed by atoms with Crippen LogP contribution < -0.4 is 5.32 Å². The summed E-state index contributed by atoms with van der Waals surface area (Å²) in [5.41, 5.74) is 2.19. The molecule has 1 aliphatic rings. The number of aromatic nitrogens is 1. The molecule has 0 atom stereocenters. The number of rotatable bonds is 7. The number of hydrogen-bond acceptors (Lipinski definition) is 5. The number of amides is 1. The van der Waals surface area contributed by atoms with E-state index in [0.717, 1.165) is 37.4 Å². The molecule has 1 N–H and O–H groups in total. The molecule has 6 nitrogen and oxygen atoms in total. The maximum atomic E-state index is 12.3. The third-order valence-corrected chi connectivity index (χ3v) is 4.71. The molecule has 1 amide bonds. The SMILES string of the molecule is CCCCN1CCN(Cc2nc(C(=O)Nc3cccc(C)c3)co2)CC1. The van der Waals surface area contributed by atoms with Crippen LogP contribution in [0.3, 0.4) is 0 Å². The summed E-state index contributed by atoms with van der Waals surface area (Å²) in [5.74, 6) is 0.358. The third kappa shape index (κ3) is 5.16. The number of piperazine rings is 1. The zero-order chi connectivity index (χ0) is 18.4. The summed E-state index contributed by atoms with van der Waals surface area (Å²) in [6, 6.07) is 7.70. The molecule has 1 aromatic carbocycles. The topological polar surface area (TPSA) is 61.6 Å². The predicted octanol–water partition coefficient (Wildman–Crippen LogP) is 3.15. The van der Waals surface area contributed by atoms with Gasteiger partial charge in [-0.1, -0.05) is 25.5 Å². The van der Waals surface area contributed by atoms with Crippen LogP contribution in [0, 0.1) is 6.92 Å². The second kappa shape index (κ2) is 8.96. The zero-order valence-electron chi connectivity index (χ0n) is 15.7. The Morgan fingerprint density at radius 1 is 1.23 bits per heavy atom. The molecular weight excluding hydrogens is 328 g/mol. The molecule has 2 aromatic rings. The van der Waals surface area contributed by atoms with Gasteiger partial charge in [-0.05, 0) is 37.6 Å². The van der Waals surface area contributed by atoms with Gasteiger partial charge in [-0.25, -0.2) is 4.98 Å². The largest absolute Gasteiger partial charge is 0.447 e. The van der Waals surface area contributed by atoms with E-state index in [-0.39, 0.29) is 5.91 Å². The first kappa shape index (κ1) is 18.6.